The third kappa shape index (κ3) is 4.55. The zero-order valence-electron chi connectivity index (χ0n) is 14.4. The Labute approximate surface area is 149 Å². The Morgan fingerprint density at radius 2 is 1.72 bits per heavy atom. The minimum atomic E-state index is -3.63. The minimum absolute atomic E-state index is 0.179. The van der Waals surface area contributed by atoms with E-state index in [1.807, 2.05) is 6.92 Å². The van der Waals surface area contributed by atoms with Crippen molar-refractivity contribution in [3.8, 4) is 0 Å². The summed E-state index contributed by atoms with van der Waals surface area (Å²) in [6, 6.07) is 13.6. The van der Waals surface area contributed by atoms with Gasteiger partial charge in [-0.05, 0) is 36.8 Å². The van der Waals surface area contributed by atoms with Crippen LogP contribution in [0.4, 0.5) is 0 Å². The molecule has 2 aromatic carbocycles. The number of carbonyl (C=O) groups is 1. The first kappa shape index (κ1) is 18.9. The Bertz CT molecular complexity index is 841. The van der Waals surface area contributed by atoms with Crippen molar-refractivity contribution in [3.63, 3.8) is 0 Å². The third-order valence-corrected chi connectivity index (χ3v) is 5.62. The number of hydrogen-bond donors (Lipinski definition) is 1. The summed E-state index contributed by atoms with van der Waals surface area (Å²) in [5.74, 6) is -0.179. The van der Waals surface area contributed by atoms with Crippen LogP contribution in [0.15, 0.2) is 66.1 Å². The van der Waals surface area contributed by atoms with Crippen molar-refractivity contribution in [2.24, 2.45) is 0 Å². The van der Waals surface area contributed by atoms with E-state index in [2.05, 4.69) is 11.9 Å². The maximum atomic E-state index is 12.9. The van der Waals surface area contributed by atoms with Gasteiger partial charge in [-0.2, -0.15) is 4.31 Å². The monoisotopic (exact) mass is 358 g/mol. The number of nitrogens with one attached hydrogen (secondary N) is 1. The first-order valence-corrected chi connectivity index (χ1v) is 9.31. The van der Waals surface area contributed by atoms with E-state index in [-0.39, 0.29) is 23.9 Å². The van der Waals surface area contributed by atoms with Gasteiger partial charge in [0.1, 0.15) is 0 Å². The van der Waals surface area contributed by atoms with Crippen molar-refractivity contribution in [1.29, 1.82) is 0 Å². The lowest BCUT2D eigenvalue weighted by Crippen LogP contribution is -2.30. The van der Waals surface area contributed by atoms with Gasteiger partial charge < -0.3 is 5.32 Å². The molecule has 0 atom stereocenters. The number of amides is 1. The smallest absolute Gasteiger partial charge is 0.251 e. The van der Waals surface area contributed by atoms with Gasteiger partial charge in [0.25, 0.3) is 5.91 Å². The molecule has 0 unspecified atom stereocenters. The summed E-state index contributed by atoms with van der Waals surface area (Å²) >= 11 is 0. The van der Waals surface area contributed by atoms with Gasteiger partial charge in [0.2, 0.25) is 10.0 Å². The highest BCUT2D eigenvalue weighted by atomic mass is 32.2. The van der Waals surface area contributed by atoms with Crippen LogP contribution in [0.1, 0.15) is 21.5 Å². The highest BCUT2D eigenvalue weighted by Gasteiger charge is 2.23. The fourth-order valence-corrected chi connectivity index (χ4v) is 3.76. The van der Waals surface area contributed by atoms with E-state index < -0.39 is 10.0 Å². The van der Waals surface area contributed by atoms with Crippen LogP contribution >= 0.6 is 0 Å². The van der Waals surface area contributed by atoms with E-state index in [4.69, 9.17) is 0 Å². The minimum Gasteiger partial charge on any atom is -0.355 e. The number of nitrogens with zero attached hydrogens (tertiary/aromatic N) is 1. The van der Waals surface area contributed by atoms with Crippen LogP contribution in [-0.4, -0.2) is 32.2 Å². The van der Waals surface area contributed by atoms with Crippen LogP contribution in [0.3, 0.4) is 0 Å². The molecule has 6 heteroatoms. The van der Waals surface area contributed by atoms with Crippen molar-refractivity contribution in [2.75, 3.05) is 13.6 Å². The van der Waals surface area contributed by atoms with Crippen LogP contribution in [0.25, 0.3) is 0 Å². The molecule has 0 bridgehead atoms. The summed E-state index contributed by atoms with van der Waals surface area (Å²) in [6.45, 7) is 5.97. The second-order valence-electron chi connectivity index (χ2n) is 5.68. The Hall–Kier alpha value is -2.44. The highest BCUT2D eigenvalue weighted by molar-refractivity contribution is 7.89. The molecule has 2 rings (SSSR count). The molecule has 0 saturated heterocycles. The molecule has 0 aromatic heterocycles. The van der Waals surface area contributed by atoms with Gasteiger partial charge in [-0.15, -0.1) is 6.58 Å². The summed E-state index contributed by atoms with van der Waals surface area (Å²) in [5.41, 5.74) is 2.33. The summed E-state index contributed by atoms with van der Waals surface area (Å²) in [5, 5.41) is 2.55. The fourth-order valence-electron chi connectivity index (χ4n) is 2.36. The Morgan fingerprint density at radius 1 is 1.12 bits per heavy atom. The first-order chi connectivity index (χ1) is 11.9. The van der Waals surface area contributed by atoms with Gasteiger partial charge in [0.15, 0.2) is 0 Å². The molecule has 0 saturated carbocycles. The van der Waals surface area contributed by atoms with Gasteiger partial charge in [-0.3, -0.25) is 4.79 Å². The van der Waals surface area contributed by atoms with E-state index >= 15 is 0 Å². The number of carbonyl (C=O) groups excluding carboxylic acids is 1. The summed E-state index contributed by atoms with van der Waals surface area (Å²) in [6.07, 6.45) is 1.56. The maximum Gasteiger partial charge on any atom is 0.251 e. The molecule has 0 fully saturated rings. The molecule has 0 spiro atoms. The highest BCUT2D eigenvalue weighted by Crippen LogP contribution is 2.19. The summed E-state index contributed by atoms with van der Waals surface area (Å²) in [4.78, 5) is 11.8. The maximum absolute atomic E-state index is 12.9. The molecule has 25 heavy (non-hydrogen) atoms. The lowest BCUT2D eigenvalue weighted by atomic mass is 10.1. The molecule has 0 aliphatic heterocycles. The van der Waals surface area contributed by atoms with Crippen LogP contribution < -0.4 is 5.32 Å². The second kappa shape index (κ2) is 8.09. The normalized spacial score (nSPS) is 11.3. The average molecular weight is 358 g/mol. The topological polar surface area (TPSA) is 66.5 Å². The number of aryl methyl sites for hydroxylation is 1. The Morgan fingerprint density at radius 3 is 2.24 bits per heavy atom. The van der Waals surface area contributed by atoms with E-state index in [1.54, 1.807) is 61.7 Å². The number of benzene rings is 2. The molecule has 1 N–H and O–H groups in total. The predicted octanol–water partition coefficient (Wildman–Crippen LogP) is 2.73. The molecule has 1 amide bonds. The molecule has 0 aliphatic carbocycles. The van der Waals surface area contributed by atoms with Gasteiger partial charge in [-0.25, -0.2) is 8.42 Å². The molecule has 0 heterocycles. The van der Waals surface area contributed by atoms with Crippen molar-refractivity contribution >= 4 is 15.9 Å². The zero-order chi connectivity index (χ0) is 18.4. The van der Waals surface area contributed by atoms with Crippen molar-refractivity contribution in [1.82, 2.24) is 9.62 Å². The second-order valence-corrected chi connectivity index (χ2v) is 7.61. The summed E-state index contributed by atoms with van der Waals surface area (Å²) < 4.78 is 27.1. The van der Waals surface area contributed by atoms with Crippen LogP contribution in [0.5, 0.6) is 0 Å². The van der Waals surface area contributed by atoms with E-state index in [9.17, 15) is 13.2 Å². The molecular weight excluding hydrogens is 336 g/mol. The van der Waals surface area contributed by atoms with E-state index in [0.717, 1.165) is 11.1 Å². The zero-order valence-corrected chi connectivity index (χ0v) is 15.2. The Kier molecular flexibility index (Phi) is 6.12. The van der Waals surface area contributed by atoms with E-state index in [0.29, 0.717) is 5.56 Å². The number of sulfonamides is 1. The molecule has 0 radical (unpaired) electrons. The quantitative estimate of drug-likeness (QED) is 0.774. The van der Waals surface area contributed by atoms with E-state index in [1.165, 1.54) is 4.31 Å². The summed E-state index contributed by atoms with van der Waals surface area (Å²) in [7, 11) is -2.06. The first-order valence-electron chi connectivity index (χ1n) is 7.87. The molecule has 2 aromatic rings. The predicted molar refractivity (Wildman–Crippen MR) is 98.8 cm³/mol. The van der Waals surface area contributed by atoms with Crippen molar-refractivity contribution in [2.45, 2.75) is 18.4 Å². The number of hydrogen-bond acceptors (Lipinski definition) is 3. The van der Waals surface area contributed by atoms with Crippen molar-refractivity contribution < 1.29 is 13.2 Å². The largest absolute Gasteiger partial charge is 0.355 e. The van der Waals surface area contributed by atoms with Gasteiger partial charge in [0.05, 0.1) is 4.90 Å². The third-order valence-electron chi connectivity index (χ3n) is 3.79. The van der Waals surface area contributed by atoms with Crippen molar-refractivity contribution in [3.05, 3.63) is 77.9 Å². The molecular formula is C19H22N2O3S. The number of rotatable bonds is 7. The standard InChI is InChI=1S/C19H22N2O3S/c1-4-13-21(25(23,24)18-11-5-15(2)6-12-18)14-16-7-9-17(10-8-16)19(22)20-3/h4-12H,1,13-14H2,2-3H3,(H,20,22). The fraction of sp³-hybridized carbons (Fsp3) is 0.211. The van der Waals surface area contributed by atoms with Crippen LogP contribution in [-0.2, 0) is 16.6 Å². The molecule has 5 nitrogen and oxygen atoms in total. The lowest BCUT2D eigenvalue weighted by molar-refractivity contribution is 0.0963. The van der Waals surface area contributed by atoms with Gasteiger partial charge in [-0.1, -0.05) is 35.9 Å². The Balaban J connectivity index is 2.27. The van der Waals surface area contributed by atoms with Crippen LogP contribution in [0, 0.1) is 6.92 Å². The van der Waals surface area contributed by atoms with Gasteiger partial charge >= 0.3 is 0 Å². The van der Waals surface area contributed by atoms with Gasteiger partial charge in [0, 0.05) is 25.7 Å². The average Bonchev–Trinajstić information content (AvgIpc) is 2.61. The molecule has 0 aliphatic rings. The molecule has 132 valence electrons. The SMILES string of the molecule is C=CCN(Cc1ccc(C(=O)NC)cc1)S(=O)(=O)c1ccc(C)cc1. The lowest BCUT2D eigenvalue weighted by Gasteiger charge is -2.21. The van der Waals surface area contributed by atoms with Crippen LogP contribution in [0.2, 0.25) is 0 Å².